The standard InChI is InChI=1S/C20H24FN3O2/c21-18-8-6-17(7-9-18)19(24-10-12-26-13-11-24)15-23-20(25)22-14-16-4-2-1-3-5-16/h1-9,19H,10-15H2,(H2,22,23,25). The third-order valence-electron chi connectivity index (χ3n) is 4.49. The van der Waals surface area contributed by atoms with Crippen LogP contribution in [-0.4, -0.2) is 43.8 Å². The van der Waals surface area contributed by atoms with Crippen molar-refractivity contribution in [3.05, 3.63) is 71.5 Å². The van der Waals surface area contributed by atoms with Gasteiger partial charge in [-0.3, -0.25) is 4.90 Å². The molecule has 0 aliphatic carbocycles. The van der Waals surface area contributed by atoms with E-state index in [1.54, 1.807) is 12.1 Å². The first-order chi connectivity index (χ1) is 12.7. The number of ether oxygens (including phenoxy) is 1. The van der Waals surface area contributed by atoms with Gasteiger partial charge in [0.2, 0.25) is 0 Å². The Morgan fingerprint density at radius 1 is 1.04 bits per heavy atom. The van der Waals surface area contributed by atoms with E-state index in [2.05, 4.69) is 15.5 Å². The predicted molar refractivity (Wildman–Crippen MR) is 98.2 cm³/mol. The number of benzene rings is 2. The summed E-state index contributed by atoms with van der Waals surface area (Å²) in [4.78, 5) is 14.4. The van der Waals surface area contributed by atoms with Crippen molar-refractivity contribution in [3.63, 3.8) is 0 Å². The first-order valence-electron chi connectivity index (χ1n) is 8.85. The smallest absolute Gasteiger partial charge is 0.315 e. The number of hydrogen-bond acceptors (Lipinski definition) is 3. The SMILES string of the molecule is O=C(NCc1ccccc1)NCC(c1ccc(F)cc1)N1CCOCC1. The molecule has 1 unspecified atom stereocenters. The van der Waals surface area contributed by atoms with Crippen molar-refractivity contribution >= 4 is 6.03 Å². The highest BCUT2D eigenvalue weighted by atomic mass is 19.1. The molecule has 3 rings (SSSR count). The fourth-order valence-electron chi connectivity index (χ4n) is 3.06. The maximum atomic E-state index is 13.3. The number of carbonyl (C=O) groups is 1. The second-order valence-electron chi connectivity index (χ2n) is 6.26. The highest BCUT2D eigenvalue weighted by Gasteiger charge is 2.23. The van der Waals surface area contributed by atoms with E-state index in [1.165, 1.54) is 12.1 Å². The Morgan fingerprint density at radius 2 is 1.73 bits per heavy atom. The second kappa shape index (κ2) is 9.31. The lowest BCUT2D eigenvalue weighted by atomic mass is 10.0. The number of nitrogens with zero attached hydrogens (tertiary/aromatic N) is 1. The summed E-state index contributed by atoms with van der Waals surface area (Å²) in [6, 6.07) is 16.0. The zero-order chi connectivity index (χ0) is 18.2. The van der Waals surface area contributed by atoms with Gasteiger partial charge in [0.05, 0.1) is 19.3 Å². The molecule has 6 heteroatoms. The maximum absolute atomic E-state index is 13.3. The molecule has 0 bridgehead atoms. The van der Waals surface area contributed by atoms with Crippen LogP contribution in [0.15, 0.2) is 54.6 Å². The van der Waals surface area contributed by atoms with Crippen LogP contribution in [-0.2, 0) is 11.3 Å². The average Bonchev–Trinajstić information content (AvgIpc) is 2.69. The molecule has 1 saturated heterocycles. The molecule has 1 aliphatic rings. The number of carbonyl (C=O) groups excluding carboxylic acids is 1. The Labute approximate surface area is 153 Å². The van der Waals surface area contributed by atoms with Crippen LogP contribution in [0.3, 0.4) is 0 Å². The molecule has 1 fully saturated rings. The summed E-state index contributed by atoms with van der Waals surface area (Å²) in [5.41, 5.74) is 2.03. The van der Waals surface area contributed by atoms with Gasteiger partial charge in [-0.25, -0.2) is 9.18 Å². The fourth-order valence-corrected chi connectivity index (χ4v) is 3.06. The van der Waals surface area contributed by atoms with Crippen molar-refractivity contribution < 1.29 is 13.9 Å². The van der Waals surface area contributed by atoms with Crippen LogP contribution in [0.25, 0.3) is 0 Å². The van der Waals surface area contributed by atoms with E-state index in [9.17, 15) is 9.18 Å². The van der Waals surface area contributed by atoms with Gasteiger partial charge in [-0.1, -0.05) is 42.5 Å². The Bertz CT molecular complexity index is 688. The average molecular weight is 357 g/mol. The minimum absolute atomic E-state index is 0.0121. The minimum atomic E-state index is -0.261. The Balaban J connectivity index is 1.58. The third kappa shape index (κ3) is 5.28. The molecule has 26 heavy (non-hydrogen) atoms. The molecule has 1 atom stereocenters. The molecule has 1 aliphatic heterocycles. The second-order valence-corrected chi connectivity index (χ2v) is 6.26. The number of urea groups is 1. The summed E-state index contributed by atoms with van der Waals surface area (Å²) in [5.74, 6) is -0.261. The number of hydrogen-bond donors (Lipinski definition) is 2. The van der Waals surface area contributed by atoms with Crippen molar-refractivity contribution in [1.29, 1.82) is 0 Å². The molecule has 2 aromatic rings. The summed E-state index contributed by atoms with van der Waals surface area (Å²) < 4.78 is 18.7. The van der Waals surface area contributed by atoms with Crippen molar-refractivity contribution in [2.75, 3.05) is 32.8 Å². The third-order valence-corrected chi connectivity index (χ3v) is 4.49. The number of nitrogens with one attached hydrogen (secondary N) is 2. The van der Waals surface area contributed by atoms with Gasteiger partial charge in [0.1, 0.15) is 5.82 Å². The Hall–Kier alpha value is -2.44. The predicted octanol–water partition coefficient (Wildman–Crippen LogP) is 2.70. The zero-order valence-corrected chi connectivity index (χ0v) is 14.7. The van der Waals surface area contributed by atoms with Crippen molar-refractivity contribution in [2.24, 2.45) is 0 Å². The van der Waals surface area contributed by atoms with Crippen LogP contribution >= 0.6 is 0 Å². The lowest BCUT2D eigenvalue weighted by molar-refractivity contribution is 0.0167. The number of morpholine rings is 1. The van der Waals surface area contributed by atoms with Gasteiger partial charge in [-0.15, -0.1) is 0 Å². The minimum Gasteiger partial charge on any atom is -0.379 e. The zero-order valence-electron chi connectivity index (χ0n) is 14.7. The quantitative estimate of drug-likeness (QED) is 0.836. The summed E-state index contributed by atoms with van der Waals surface area (Å²) in [6.45, 7) is 3.83. The largest absolute Gasteiger partial charge is 0.379 e. The summed E-state index contributed by atoms with van der Waals surface area (Å²) in [6.07, 6.45) is 0. The van der Waals surface area contributed by atoms with Gasteiger partial charge in [0.25, 0.3) is 0 Å². The molecule has 5 nitrogen and oxygen atoms in total. The van der Waals surface area contributed by atoms with E-state index in [-0.39, 0.29) is 17.9 Å². The molecule has 0 aromatic heterocycles. The Kier molecular flexibility index (Phi) is 6.57. The van der Waals surface area contributed by atoms with Crippen LogP contribution in [0.1, 0.15) is 17.2 Å². The van der Waals surface area contributed by atoms with Gasteiger partial charge in [-0.2, -0.15) is 0 Å². The van der Waals surface area contributed by atoms with Crippen LogP contribution in [0.2, 0.25) is 0 Å². The van der Waals surface area contributed by atoms with Crippen LogP contribution in [0, 0.1) is 5.82 Å². The normalized spacial score (nSPS) is 16.0. The van der Waals surface area contributed by atoms with Gasteiger partial charge >= 0.3 is 6.03 Å². The molecule has 138 valence electrons. The number of amides is 2. The van der Waals surface area contributed by atoms with E-state index < -0.39 is 0 Å². The van der Waals surface area contributed by atoms with E-state index in [4.69, 9.17) is 4.74 Å². The topological polar surface area (TPSA) is 53.6 Å². The summed E-state index contributed by atoms with van der Waals surface area (Å²) in [5, 5.41) is 5.80. The van der Waals surface area contributed by atoms with E-state index in [0.29, 0.717) is 26.3 Å². The van der Waals surface area contributed by atoms with Crippen LogP contribution in [0.4, 0.5) is 9.18 Å². The molecular formula is C20H24FN3O2. The first-order valence-corrected chi connectivity index (χ1v) is 8.85. The first kappa shape index (κ1) is 18.4. The van der Waals surface area contributed by atoms with E-state index in [1.807, 2.05) is 30.3 Å². The van der Waals surface area contributed by atoms with Crippen LogP contribution in [0.5, 0.6) is 0 Å². The van der Waals surface area contributed by atoms with Gasteiger partial charge < -0.3 is 15.4 Å². The van der Waals surface area contributed by atoms with Crippen molar-refractivity contribution in [1.82, 2.24) is 15.5 Å². The van der Waals surface area contributed by atoms with Gasteiger partial charge in [0, 0.05) is 26.2 Å². The molecule has 1 heterocycles. The lowest BCUT2D eigenvalue weighted by Crippen LogP contribution is -2.45. The number of rotatable bonds is 6. The van der Waals surface area contributed by atoms with E-state index >= 15 is 0 Å². The highest BCUT2D eigenvalue weighted by molar-refractivity contribution is 5.73. The van der Waals surface area contributed by atoms with Crippen molar-refractivity contribution in [3.8, 4) is 0 Å². The summed E-state index contributed by atoms with van der Waals surface area (Å²) >= 11 is 0. The molecule has 2 N–H and O–H groups in total. The molecule has 0 saturated carbocycles. The number of halogens is 1. The highest BCUT2D eigenvalue weighted by Crippen LogP contribution is 2.21. The van der Waals surface area contributed by atoms with Gasteiger partial charge in [0.15, 0.2) is 0 Å². The van der Waals surface area contributed by atoms with Gasteiger partial charge in [-0.05, 0) is 23.3 Å². The van der Waals surface area contributed by atoms with Crippen LogP contribution < -0.4 is 10.6 Å². The fraction of sp³-hybridized carbons (Fsp3) is 0.350. The molecular weight excluding hydrogens is 333 g/mol. The van der Waals surface area contributed by atoms with Crippen molar-refractivity contribution in [2.45, 2.75) is 12.6 Å². The molecule has 2 aromatic carbocycles. The summed E-state index contributed by atoms with van der Waals surface area (Å²) in [7, 11) is 0. The molecule has 0 spiro atoms. The Morgan fingerprint density at radius 3 is 2.42 bits per heavy atom. The lowest BCUT2D eigenvalue weighted by Gasteiger charge is -2.35. The molecule has 0 radical (unpaired) electrons. The monoisotopic (exact) mass is 357 g/mol. The molecule has 2 amide bonds. The maximum Gasteiger partial charge on any atom is 0.315 e. The van der Waals surface area contributed by atoms with E-state index in [0.717, 1.165) is 24.2 Å².